The molecule has 1 aliphatic heterocycles. The summed E-state index contributed by atoms with van der Waals surface area (Å²) < 4.78 is 43.5. The topological polar surface area (TPSA) is 45.6 Å². The van der Waals surface area contributed by atoms with Crippen molar-refractivity contribution in [1.29, 1.82) is 0 Å². The Morgan fingerprint density at radius 2 is 1.89 bits per heavy atom. The number of hydrogen-bond donors (Lipinski definition) is 1. The number of fused-ring (bicyclic) bond motifs is 1. The molecular weight excluding hydrogens is 497 g/mol. The van der Waals surface area contributed by atoms with E-state index in [1.807, 2.05) is 18.3 Å². The molecule has 2 aromatic carbocycles. The lowest BCUT2D eigenvalue weighted by Gasteiger charge is -2.38. The zero-order valence-electron chi connectivity index (χ0n) is 21.2. The molecule has 0 aliphatic carbocycles. The maximum Gasteiger partial charge on any atom is 0.416 e. The highest BCUT2D eigenvalue weighted by molar-refractivity contribution is 7.99. The quantitative estimate of drug-likeness (QED) is 0.220. The number of aliphatic hydroxyl groups is 1. The summed E-state index contributed by atoms with van der Waals surface area (Å²) in [7, 11) is 1.68. The van der Waals surface area contributed by atoms with Crippen molar-refractivity contribution < 1.29 is 23.0 Å². The molecule has 0 amide bonds. The Morgan fingerprint density at radius 1 is 1.08 bits per heavy atom. The van der Waals surface area contributed by atoms with Gasteiger partial charge in [0, 0.05) is 29.6 Å². The Balaban J connectivity index is 1.20. The van der Waals surface area contributed by atoms with Crippen molar-refractivity contribution in [1.82, 2.24) is 9.88 Å². The third kappa shape index (κ3) is 7.62. The number of hydrogen-bond acceptors (Lipinski definition) is 5. The number of aryl methyl sites for hydroxylation is 1. The van der Waals surface area contributed by atoms with Gasteiger partial charge in [-0.05, 0) is 117 Å². The van der Waals surface area contributed by atoms with E-state index in [-0.39, 0.29) is 12.5 Å². The molecule has 200 valence electrons. The standard InChI is InChI=1S/C29H35F3N2O2S/c1-36-25-8-11-28-27(18-25)22(12-14-33-28)5-2-4-21-13-16-34(19-23(21)20-35)15-3-17-37-26-9-6-24(7-10-26)29(30,31)32/h6-12,14,18,21,23,35H,2-5,13,15-17,19-20H2,1H3/t21-,23-/m1/s1. The van der Waals surface area contributed by atoms with E-state index in [9.17, 15) is 18.3 Å². The molecule has 8 heteroatoms. The van der Waals surface area contributed by atoms with Gasteiger partial charge in [0.1, 0.15) is 5.75 Å². The first-order chi connectivity index (χ1) is 17.9. The monoisotopic (exact) mass is 532 g/mol. The number of ether oxygens (including phenoxy) is 1. The summed E-state index contributed by atoms with van der Waals surface area (Å²) in [5.41, 5.74) is 1.66. The first kappa shape index (κ1) is 27.7. The summed E-state index contributed by atoms with van der Waals surface area (Å²) in [6.45, 7) is 3.08. The van der Waals surface area contributed by atoms with Gasteiger partial charge in [0.05, 0.1) is 18.2 Å². The fourth-order valence-corrected chi connectivity index (χ4v) is 6.08. The van der Waals surface area contributed by atoms with Gasteiger partial charge in [-0.3, -0.25) is 4.98 Å². The van der Waals surface area contributed by atoms with E-state index in [0.717, 1.165) is 91.2 Å². The Morgan fingerprint density at radius 3 is 2.62 bits per heavy atom. The highest BCUT2D eigenvalue weighted by atomic mass is 32.2. The van der Waals surface area contributed by atoms with Crippen LogP contribution in [0.2, 0.25) is 0 Å². The molecule has 1 fully saturated rings. The highest BCUT2D eigenvalue weighted by Gasteiger charge is 2.30. The fourth-order valence-electron chi connectivity index (χ4n) is 5.25. The number of aliphatic hydroxyl groups excluding tert-OH is 1. The van der Waals surface area contributed by atoms with Crippen molar-refractivity contribution in [2.75, 3.05) is 39.1 Å². The van der Waals surface area contributed by atoms with E-state index in [2.05, 4.69) is 22.0 Å². The Kier molecular flexibility index (Phi) is 9.73. The minimum atomic E-state index is -4.29. The molecule has 1 aromatic heterocycles. The van der Waals surface area contributed by atoms with Crippen LogP contribution >= 0.6 is 11.8 Å². The molecule has 0 unspecified atom stereocenters. The first-order valence-corrected chi connectivity index (χ1v) is 13.9. The van der Waals surface area contributed by atoms with Crippen molar-refractivity contribution in [3.8, 4) is 5.75 Å². The predicted molar refractivity (Wildman–Crippen MR) is 143 cm³/mol. The molecule has 4 rings (SSSR count). The zero-order chi connectivity index (χ0) is 26.3. The average molecular weight is 533 g/mol. The molecule has 1 saturated heterocycles. The molecule has 37 heavy (non-hydrogen) atoms. The number of piperidine rings is 1. The van der Waals surface area contributed by atoms with Crippen LogP contribution in [-0.2, 0) is 12.6 Å². The van der Waals surface area contributed by atoms with Crippen molar-refractivity contribution in [2.45, 2.75) is 43.2 Å². The molecular formula is C29H35F3N2O2S. The molecule has 4 nitrogen and oxygen atoms in total. The maximum atomic E-state index is 12.7. The van der Waals surface area contributed by atoms with Crippen molar-refractivity contribution in [3.05, 3.63) is 65.9 Å². The number of likely N-dealkylation sites (tertiary alicyclic amines) is 1. The van der Waals surface area contributed by atoms with Gasteiger partial charge in [0.25, 0.3) is 0 Å². The number of aromatic nitrogens is 1. The second-order valence-corrected chi connectivity index (χ2v) is 10.9. The molecule has 0 spiro atoms. The third-order valence-corrected chi connectivity index (χ3v) is 8.44. The minimum absolute atomic E-state index is 0.205. The number of methoxy groups -OCH3 is 1. The summed E-state index contributed by atoms with van der Waals surface area (Å²) in [6, 6.07) is 13.5. The van der Waals surface area contributed by atoms with Gasteiger partial charge in [-0.1, -0.05) is 0 Å². The number of alkyl halides is 3. The van der Waals surface area contributed by atoms with Gasteiger partial charge in [-0.25, -0.2) is 0 Å². The van der Waals surface area contributed by atoms with Crippen LogP contribution in [0.3, 0.4) is 0 Å². The summed E-state index contributed by atoms with van der Waals surface area (Å²) in [5, 5.41) is 11.2. The van der Waals surface area contributed by atoms with Crippen LogP contribution in [0, 0.1) is 11.8 Å². The normalized spacial score (nSPS) is 18.8. The molecule has 0 radical (unpaired) electrons. The van der Waals surface area contributed by atoms with Gasteiger partial charge in [-0.15, -0.1) is 11.8 Å². The van der Waals surface area contributed by atoms with Gasteiger partial charge in [0.15, 0.2) is 0 Å². The van der Waals surface area contributed by atoms with Crippen LogP contribution in [0.25, 0.3) is 10.9 Å². The van der Waals surface area contributed by atoms with Crippen LogP contribution in [0.15, 0.2) is 59.6 Å². The summed E-state index contributed by atoms with van der Waals surface area (Å²) >= 11 is 1.59. The molecule has 0 bridgehead atoms. The number of rotatable bonds is 11. The predicted octanol–water partition coefficient (Wildman–Crippen LogP) is 6.70. The first-order valence-electron chi connectivity index (χ1n) is 12.9. The Hall–Kier alpha value is -2.29. The van der Waals surface area contributed by atoms with Crippen LogP contribution in [0.4, 0.5) is 13.2 Å². The van der Waals surface area contributed by atoms with E-state index in [0.29, 0.717) is 5.92 Å². The summed E-state index contributed by atoms with van der Waals surface area (Å²) in [6.07, 6.45) is 2.77. The van der Waals surface area contributed by atoms with E-state index in [1.165, 1.54) is 5.56 Å². The average Bonchev–Trinajstić information content (AvgIpc) is 2.91. The highest BCUT2D eigenvalue weighted by Crippen LogP contribution is 2.32. The van der Waals surface area contributed by atoms with Crippen LogP contribution < -0.4 is 4.74 Å². The Bertz CT molecular complexity index is 1140. The van der Waals surface area contributed by atoms with Crippen molar-refractivity contribution in [3.63, 3.8) is 0 Å². The maximum absolute atomic E-state index is 12.7. The van der Waals surface area contributed by atoms with Gasteiger partial charge in [-0.2, -0.15) is 13.2 Å². The van der Waals surface area contributed by atoms with E-state index < -0.39 is 11.7 Å². The number of benzene rings is 2. The lowest BCUT2D eigenvalue weighted by molar-refractivity contribution is -0.137. The third-order valence-electron chi connectivity index (χ3n) is 7.34. The fraction of sp³-hybridized carbons (Fsp3) is 0.483. The van der Waals surface area contributed by atoms with Crippen LogP contribution in [0.1, 0.15) is 36.8 Å². The zero-order valence-corrected chi connectivity index (χ0v) is 22.0. The lowest BCUT2D eigenvalue weighted by Crippen LogP contribution is -2.42. The van der Waals surface area contributed by atoms with E-state index in [1.54, 1.807) is 31.0 Å². The number of nitrogens with zero attached hydrogens (tertiary/aromatic N) is 2. The van der Waals surface area contributed by atoms with Gasteiger partial charge < -0.3 is 14.7 Å². The summed E-state index contributed by atoms with van der Waals surface area (Å²) in [4.78, 5) is 7.76. The lowest BCUT2D eigenvalue weighted by atomic mass is 9.82. The van der Waals surface area contributed by atoms with Gasteiger partial charge >= 0.3 is 6.18 Å². The second-order valence-electron chi connectivity index (χ2n) is 9.76. The number of pyridine rings is 1. The molecule has 0 saturated carbocycles. The Labute approximate surface area is 221 Å². The molecule has 3 aromatic rings. The second kappa shape index (κ2) is 13.0. The molecule has 1 N–H and O–H groups in total. The molecule has 1 aliphatic rings. The van der Waals surface area contributed by atoms with Crippen LogP contribution in [0.5, 0.6) is 5.75 Å². The van der Waals surface area contributed by atoms with E-state index in [4.69, 9.17) is 4.74 Å². The van der Waals surface area contributed by atoms with Crippen molar-refractivity contribution in [2.24, 2.45) is 11.8 Å². The summed E-state index contributed by atoms with van der Waals surface area (Å²) in [5.74, 6) is 2.50. The largest absolute Gasteiger partial charge is 0.497 e. The van der Waals surface area contributed by atoms with E-state index >= 15 is 0 Å². The molecule has 2 atom stereocenters. The van der Waals surface area contributed by atoms with Gasteiger partial charge in [0.2, 0.25) is 0 Å². The smallest absolute Gasteiger partial charge is 0.416 e. The van der Waals surface area contributed by atoms with Crippen molar-refractivity contribution >= 4 is 22.7 Å². The van der Waals surface area contributed by atoms with Crippen LogP contribution in [-0.4, -0.2) is 54.1 Å². The number of thioether (sulfide) groups is 1. The minimum Gasteiger partial charge on any atom is -0.497 e. The SMILES string of the molecule is COc1ccc2nccc(CCC[C@@H]3CCN(CCCSc4ccc(C(F)(F)F)cc4)C[C@@H]3CO)c2c1. The molecule has 2 heterocycles. The number of halogens is 3.